The number of nitrogens with zero attached hydrogens (tertiary/aromatic N) is 1. The summed E-state index contributed by atoms with van der Waals surface area (Å²) in [5.41, 5.74) is 7.32. The van der Waals surface area contributed by atoms with Crippen molar-refractivity contribution in [1.82, 2.24) is 4.90 Å². The van der Waals surface area contributed by atoms with E-state index in [4.69, 9.17) is 10.8 Å². The molecule has 2 rings (SSSR count). The Morgan fingerprint density at radius 2 is 2.11 bits per heavy atom. The van der Waals surface area contributed by atoms with Crippen molar-refractivity contribution in [3.63, 3.8) is 0 Å². The van der Waals surface area contributed by atoms with Gasteiger partial charge in [-0.3, -0.25) is 0 Å². The van der Waals surface area contributed by atoms with E-state index >= 15 is 0 Å². The molecule has 0 unspecified atom stereocenters. The first kappa shape index (κ1) is 12.7. The molecule has 1 saturated heterocycles. The number of rotatable bonds is 5. The fourth-order valence-corrected chi connectivity index (χ4v) is 2.21. The molecule has 18 heavy (non-hydrogen) atoms. The summed E-state index contributed by atoms with van der Waals surface area (Å²) in [6.45, 7) is 4.18. The minimum Gasteiger partial charge on any atom is -0.478 e. The van der Waals surface area contributed by atoms with Crippen LogP contribution < -0.4 is 11.1 Å². The molecular formula is C13H19N3O2. The van der Waals surface area contributed by atoms with Gasteiger partial charge in [0.05, 0.1) is 16.9 Å². The molecule has 5 heteroatoms. The Labute approximate surface area is 107 Å². The number of anilines is 2. The number of carboxylic acids is 1. The highest BCUT2D eigenvalue weighted by Crippen LogP contribution is 2.19. The lowest BCUT2D eigenvalue weighted by molar-refractivity contribution is 0.0697. The van der Waals surface area contributed by atoms with Gasteiger partial charge in [0, 0.05) is 13.1 Å². The fraction of sp³-hybridized carbons (Fsp3) is 0.462. The molecular weight excluding hydrogens is 230 g/mol. The number of aromatic carboxylic acids is 1. The van der Waals surface area contributed by atoms with E-state index in [1.807, 2.05) is 0 Å². The van der Waals surface area contributed by atoms with Crippen LogP contribution in [-0.2, 0) is 0 Å². The third-order valence-electron chi connectivity index (χ3n) is 3.24. The summed E-state index contributed by atoms with van der Waals surface area (Å²) in [5.74, 6) is -0.953. The maximum atomic E-state index is 10.8. The molecule has 0 saturated carbocycles. The van der Waals surface area contributed by atoms with Gasteiger partial charge in [-0.05, 0) is 44.1 Å². The van der Waals surface area contributed by atoms with Crippen LogP contribution in [0.25, 0.3) is 0 Å². The van der Waals surface area contributed by atoms with E-state index in [-0.39, 0.29) is 5.56 Å². The molecule has 0 amide bonds. The Balaban J connectivity index is 1.87. The van der Waals surface area contributed by atoms with Gasteiger partial charge in [-0.1, -0.05) is 0 Å². The molecule has 1 aliphatic rings. The first-order valence-corrected chi connectivity index (χ1v) is 6.26. The molecule has 5 nitrogen and oxygen atoms in total. The lowest BCUT2D eigenvalue weighted by Gasteiger charge is -2.16. The summed E-state index contributed by atoms with van der Waals surface area (Å²) >= 11 is 0. The van der Waals surface area contributed by atoms with Crippen LogP contribution in [0.1, 0.15) is 23.2 Å². The van der Waals surface area contributed by atoms with E-state index in [1.54, 1.807) is 12.1 Å². The van der Waals surface area contributed by atoms with Gasteiger partial charge in [0.2, 0.25) is 0 Å². The predicted octanol–water partition coefficient (Wildman–Crippen LogP) is 1.47. The number of nitrogens with two attached hydrogens (primary N) is 1. The summed E-state index contributed by atoms with van der Waals surface area (Å²) in [6.07, 6.45) is 2.57. The van der Waals surface area contributed by atoms with E-state index in [2.05, 4.69) is 10.2 Å². The molecule has 1 aliphatic heterocycles. The molecule has 0 atom stereocenters. The maximum absolute atomic E-state index is 10.8. The van der Waals surface area contributed by atoms with Crippen LogP contribution in [0.4, 0.5) is 11.4 Å². The van der Waals surface area contributed by atoms with Crippen LogP contribution in [0.2, 0.25) is 0 Å². The minimum atomic E-state index is -0.953. The summed E-state index contributed by atoms with van der Waals surface area (Å²) < 4.78 is 0. The van der Waals surface area contributed by atoms with E-state index in [1.165, 1.54) is 32.0 Å². The van der Waals surface area contributed by atoms with Crippen molar-refractivity contribution in [1.29, 1.82) is 0 Å². The summed E-state index contributed by atoms with van der Waals surface area (Å²) in [7, 11) is 0. The van der Waals surface area contributed by atoms with E-state index in [0.29, 0.717) is 5.69 Å². The van der Waals surface area contributed by atoms with Gasteiger partial charge >= 0.3 is 5.97 Å². The van der Waals surface area contributed by atoms with Crippen molar-refractivity contribution >= 4 is 17.3 Å². The number of carboxylic acid groups (broad SMARTS) is 1. The Morgan fingerprint density at radius 1 is 1.39 bits per heavy atom. The fourth-order valence-electron chi connectivity index (χ4n) is 2.21. The molecule has 0 bridgehead atoms. The van der Waals surface area contributed by atoms with Gasteiger partial charge in [-0.15, -0.1) is 0 Å². The number of nitrogens with one attached hydrogen (secondary N) is 1. The zero-order chi connectivity index (χ0) is 13.0. The maximum Gasteiger partial charge on any atom is 0.335 e. The third kappa shape index (κ3) is 3.13. The number of likely N-dealkylation sites (tertiary alicyclic amines) is 1. The zero-order valence-corrected chi connectivity index (χ0v) is 10.4. The van der Waals surface area contributed by atoms with Crippen LogP contribution in [0.5, 0.6) is 0 Å². The summed E-state index contributed by atoms with van der Waals surface area (Å²) in [6, 6.07) is 4.78. The van der Waals surface area contributed by atoms with Gasteiger partial charge in [0.1, 0.15) is 0 Å². The number of hydrogen-bond donors (Lipinski definition) is 3. The van der Waals surface area contributed by atoms with Crippen molar-refractivity contribution in [2.45, 2.75) is 12.8 Å². The third-order valence-corrected chi connectivity index (χ3v) is 3.24. The smallest absolute Gasteiger partial charge is 0.335 e. The van der Waals surface area contributed by atoms with Gasteiger partial charge in [0.15, 0.2) is 0 Å². The predicted molar refractivity (Wildman–Crippen MR) is 72.0 cm³/mol. The minimum absolute atomic E-state index is 0.220. The number of nitrogen functional groups attached to an aromatic ring is 1. The topological polar surface area (TPSA) is 78.6 Å². The normalized spacial score (nSPS) is 15.8. The largest absolute Gasteiger partial charge is 0.478 e. The van der Waals surface area contributed by atoms with Crippen LogP contribution in [-0.4, -0.2) is 42.2 Å². The SMILES string of the molecule is Nc1cc(C(=O)O)ccc1NCCN1CCCC1. The summed E-state index contributed by atoms with van der Waals surface area (Å²) in [5, 5.41) is 12.1. The molecule has 1 fully saturated rings. The van der Waals surface area contributed by atoms with Crippen LogP contribution in [0.15, 0.2) is 18.2 Å². The second kappa shape index (κ2) is 5.73. The van der Waals surface area contributed by atoms with Crippen molar-refractivity contribution in [3.05, 3.63) is 23.8 Å². The molecule has 0 aromatic heterocycles. The Kier molecular flexibility index (Phi) is 4.04. The molecule has 1 aromatic rings. The summed E-state index contributed by atoms with van der Waals surface area (Å²) in [4.78, 5) is 13.2. The average Bonchev–Trinajstić information content (AvgIpc) is 2.84. The van der Waals surface area contributed by atoms with Crippen LogP contribution in [0, 0.1) is 0 Å². The Morgan fingerprint density at radius 3 is 2.72 bits per heavy atom. The molecule has 98 valence electrons. The molecule has 0 radical (unpaired) electrons. The van der Waals surface area contributed by atoms with E-state index < -0.39 is 5.97 Å². The highest BCUT2D eigenvalue weighted by molar-refractivity contribution is 5.90. The molecule has 1 heterocycles. The zero-order valence-electron chi connectivity index (χ0n) is 10.4. The quantitative estimate of drug-likeness (QED) is 0.689. The van der Waals surface area contributed by atoms with Gasteiger partial charge in [-0.2, -0.15) is 0 Å². The molecule has 1 aromatic carbocycles. The van der Waals surface area contributed by atoms with Gasteiger partial charge < -0.3 is 21.1 Å². The van der Waals surface area contributed by atoms with Crippen LogP contribution >= 0.6 is 0 Å². The van der Waals surface area contributed by atoms with Gasteiger partial charge in [0.25, 0.3) is 0 Å². The monoisotopic (exact) mass is 249 g/mol. The standard InChI is InChI=1S/C13H19N3O2/c14-11-9-10(13(17)18)3-4-12(11)15-5-8-16-6-1-2-7-16/h3-4,9,15H,1-2,5-8,14H2,(H,17,18). The van der Waals surface area contributed by atoms with E-state index in [9.17, 15) is 4.79 Å². The Bertz CT molecular complexity index is 428. The highest BCUT2D eigenvalue weighted by atomic mass is 16.4. The first-order valence-electron chi connectivity index (χ1n) is 6.26. The van der Waals surface area contributed by atoms with Crippen LogP contribution in [0.3, 0.4) is 0 Å². The highest BCUT2D eigenvalue weighted by Gasteiger charge is 2.11. The van der Waals surface area contributed by atoms with Gasteiger partial charge in [-0.25, -0.2) is 4.79 Å². The lowest BCUT2D eigenvalue weighted by atomic mass is 10.2. The lowest BCUT2D eigenvalue weighted by Crippen LogP contribution is -2.26. The molecule has 4 N–H and O–H groups in total. The second-order valence-corrected chi connectivity index (χ2v) is 4.58. The Hall–Kier alpha value is -1.75. The van der Waals surface area contributed by atoms with Crippen molar-refractivity contribution in [2.75, 3.05) is 37.2 Å². The number of benzene rings is 1. The van der Waals surface area contributed by atoms with Crippen molar-refractivity contribution in [3.8, 4) is 0 Å². The van der Waals surface area contributed by atoms with E-state index in [0.717, 1.165) is 18.8 Å². The van der Waals surface area contributed by atoms with Crippen molar-refractivity contribution in [2.24, 2.45) is 0 Å². The number of carbonyl (C=O) groups is 1. The molecule has 0 spiro atoms. The first-order chi connectivity index (χ1) is 8.66. The number of hydrogen-bond acceptors (Lipinski definition) is 4. The average molecular weight is 249 g/mol. The second-order valence-electron chi connectivity index (χ2n) is 4.58. The molecule has 0 aliphatic carbocycles. The van der Waals surface area contributed by atoms with Crippen molar-refractivity contribution < 1.29 is 9.90 Å².